The van der Waals surface area contributed by atoms with Gasteiger partial charge < -0.3 is 0 Å². The Hall–Kier alpha value is -2.16. The van der Waals surface area contributed by atoms with E-state index in [0.29, 0.717) is 11.1 Å². The molecular formula is C16H16N2O2S. The van der Waals surface area contributed by atoms with Gasteiger partial charge in [-0.2, -0.15) is 5.26 Å². The molecule has 0 radical (unpaired) electrons. The summed E-state index contributed by atoms with van der Waals surface area (Å²) in [6.45, 7) is 3.89. The molecule has 0 saturated heterocycles. The zero-order chi connectivity index (χ0) is 15.5. The Kier molecular flexibility index (Phi) is 4.41. The SMILES string of the molecule is Cc1cccc(CNS(=O)(=O)c2cc(C#N)ccc2C)c1. The Morgan fingerprint density at radius 3 is 2.57 bits per heavy atom. The molecule has 0 bridgehead atoms. The van der Waals surface area contributed by atoms with Crippen molar-refractivity contribution in [3.8, 4) is 6.07 Å². The zero-order valence-electron chi connectivity index (χ0n) is 11.9. The number of aryl methyl sites for hydroxylation is 2. The van der Waals surface area contributed by atoms with Gasteiger partial charge in [0.25, 0.3) is 0 Å². The molecule has 0 aliphatic heterocycles. The Morgan fingerprint density at radius 1 is 1.14 bits per heavy atom. The van der Waals surface area contributed by atoms with Gasteiger partial charge in [-0.05, 0) is 37.1 Å². The van der Waals surface area contributed by atoms with Crippen molar-refractivity contribution < 1.29 is 8.42 Å². The van der Waals surface area contributed by atoms with E-state index in [0.717, 1.165) is 11.1 Å². The van der Waals surface area contributed by atoms with Crippen LogP contribution in [0.15, 0.2) is 47.4 Å². The molecule has 108 valence electrons. The molecule has 0 spiro atoms. The molecule has 0 aliphatic rings. The molecule has 0 aromatic heterocycles. The summed E-state index contributed by atoms with van der Waals surface area (Å²) in [5.41, 5.74) is 2.92. The normalized spacial score (nSPS) is 11.1. The van der Waals surface area contributed by atoms with E-state index in [2.05, 4.69) is 4.72 Å². The van der Waals surface area contributed by atoms with Crippen LogP contribution in [0.4, 0.5) is 0 Å². The third-order valence-corrected chi connectivity index (χ3v) is 4.70. The van der Waals surface area contributed by atoms with E-state index in [9.17, 15) is 8.42 Å². The largest absolute Gasteiger partial charge is 0.241 e. The number of sulfonamides is 1. The lowest BCUT2D eigenvalue weighted by Crippen LogP contribution is -2.24. The highest BCUT2D eigenvalue weighted by atomic mass is 32.2. The Bertz CT molecular complexity index is 805. The second-order valence-electron chi connectivity index (χ2n) is 4.91. The minimum atomic E-state index is -3.64. The van der Waals surface area contributed by atoms with Crippen molar-refractivity contribution in [2.75, 3.05) is 0 Å². The van der Waals surface area contributed by atoms with Crippen LogP contribution in [-0.4, -0.2) is 8.42 Å². The van der Waals surface area contributed by atoms with Gasteiger partial charge in [-0.1, -0.05) is 35.9 Å². The second kappa shape index (κ2) is 6.08. The van der Waals surface area contributed by atoms with Crippen molar-refractivity contribution >= 4 is 10.0 Å². The van der Waals surface area contributed by atoms with Crippen LogP contribution >= 0.6 is 0 Å². The Labute approximate surface area is 125 Å². The first-order chi connectivity index (χ1) is 9.92. The quantitative estimate of drug-likeness (QED) is 0.943. The summed E-state index contributed by atoms with van der Waals surface area (Å²) in [7, 11) is -3.64. The van der Waals surface area contributed by atoms with Gasteiger partial charge in [0.2, 0.25) is 10.0 Å². The molecule has 0 unspecified atom stereocenters. The Morgan fingerprint density at radius 2 is 1.90 bits per heavy atom. The van der Waals surface area contributed by atoms with Gasteiger partial charge in [0.1, 0.15) is 0 Å². The molecular weight excluding hydrogens is 284 g/mol. The molecule has 0 amide bonds. The lowest BCUT2D eigenvalue weighted by molar-refractivity contribution is 0.580. The highest BCUT2D eigenvalue weighted by Gasteiger charge is 2.17. The van der Waals surface area contributed by atoms with Crippen LogP contribution in [0.25, 0.3) is 0 Å². The number of benzene rings is 2. The van der Waals surface area contributed by atoms with Crippen LogP contribution in [0.2, 0.25) is 0 Å². The minimum absolute atomic E-state index is 0.147. The van der Waals surface area contributed by atoms with Gasteiger partial charge in [-0.15, -0.1) is 0 Å². The van der Waals surface area contributed by atoms with Crippen LogP contribution in [0.3, 0.4) is 0 Å². The molecule has 2 aromatic rings. The fourth-order valence-electron chi connectivity index (χ4n) is 2.04. The van der Waals surface area contributed by atoms with Crippen molar-refractivity contribution in [3.05, 3.63) is 64.7 Å². The van der Waals surface area contributed by atoms with Gasteiger partial charge in [0.15, 0.2) is 0 Å². The smallest absolute Gasteiger partial charge is 0.207 e. The number of hydrogen-bond acceptors (Lipinski definition) is 3. The number of nitriles is 1. The maximum atomic E-state index is 12.4. The van der Waals surface area contributed by atoms with Gasteiger partial charge in [-0.25, -0.2) is 13.1 Å². The summed E-state index contributed by atoms with van der Waals surface area (Å²) in [6.07, 6.45) is 0. The van der Waals surface area contributed by atoms with Crippen LogP contribution in [-0.2, 0) is 16.6 Å². The number of hydrogen-bond donors (Lipinski definition) is 1. The van der Waals surface area contributed by atoms with Crippen molar-refractivity contribution in [1.82, 2.24) is 4.72 Å². The van der Waals surface area contributed by atoms with Gasteiger partial charge in [0.05, 0.1) is 16.5 Å². The molecule has 2 rings (SSSR count). The maximum Gasteiger partial charge on any atom is 0.241 e. The van der Waals surface area contributed by atoms with E-state index in [-0.39, 0.29) is 11.4 Å². The van der Waals surface area contributed by atoms with E-state index in [1.807, 2.05) is 37.3 Å². The first-order valence-corrected chi connectivity index (χ1v) is 7.96. The highest BCUT2D eigenvalue weighted by Crippen LogP contribution is 2.17. The average Bonchev–Trinajstić information content (AvgIpc) is 2.46. The van der Waals surface area contributed by atoms with E-state index in [1.54, 1.807) is 19.1 Å². The summed E-state index contributed by atoms with van der Waals surface area (Å²) >= 11 is 0. The molecule has 5 heteroatoms. The molecule has 0 saturated carbocycles. The lowest BCUT2D eigenvalue weighted by Gasteiger charge is -2.10. The van der Waals surface area contributed by atoms with Crippen LogP contribution in [0.5, 0.6) is 0 Å². The van der Waals surface area contributed by atoms with Crippen LogP contribution < -0.4 is 4.72 Å². The van der Waals surface area contributed by atoms with E-state index in [1.165, 1.54) is 6.07 Å². The van der Waals surface area contributed by atoms with E-state index < -0.39 is 10.0 Å². The van der Waals surface area contributed by atoms with Crippen LogP contribution in [0, 0.1) is 25.2 Å². The summed E-state index contributed by atoms with van der Waals surface area (Å²) in [5.74, 6) is 0. The molecule has 1 N–H and O–H groups in total. The first kappa shape index (κ1) is 15.2. The van der Waals surface area contributed by atoms with Gasteiger partial charge in [0, 0.05) is 6.54 Å². The summed E-state index contributed by atoms with van der Waals surface area (Å²) < 4.78 is 27.3. The van der Waals surface area contributed by atoms with Crippen molar-refractivity contribution in [2.24, 2.45) is 0 Å². The number of nitrogens with one attached hydrogen (secondary N) is 1. The molecule has 0 fully saturated rings. The molecule has 2 aromatic carbocycles. The van der Waals surface area contributed by atoms with Crippen LogP contribution in [0.1, 0.15) is 22.3 Å². The fourth-order valence-corrected chi connectivity index (χ4v) is 3.32. The third kappa shape index (κ3) is 3.69. The predicted molar refractivity (Wildman–Crippen MR) is 81.1 cm³/mol. The molecule has 0 atom stereocenters. The van der Waals surface area contributed by atoms with Crippen molar-refractivity contribution in [2.45, 2.75) is 25.3 Å². The summed E-state index contributed by atoms with van der Waals surface area (Å²) in [5, 5.41) is 8.89. The summed E-state index contributed by atoms with van der Waals surface area (Å²) in [4.78, 5) is 0.147. The lowest BCUT2D eigenvalue weighted by atomic mass is 10.1. The van der Waals surface area contributed by atoms with Gasteiger partial charge >= 0.3 is 0 Å². The van der Waals surface area contributed by atoms with Gasteiger partial charge in [-0.3, -0.25) is 0 Å². The minimum Gasteiger partial charge on any atom is -0.207 e. The van der Waals surface area contributed by atoms with E-state index >= 15 is 0 Å². The van der Waals surface area contributed by atoms with Crippen molar-refractivity contribution in [3.63, 3.8) is 0 Å². The monoisotopic (exact) mass is 300 g/mol. The van der Waals surface area contributed by atoms with Crippen molar-refractivity contribution in [1.29, 1.82) is 5.26 Å². The fraction of sp³-hybridized carbons (Fsp3) is 0.188. The predicted octanol–water partition coefficient (Wildman–Crippen LogP) is 2.65. The highest BCUT2D eigenvalue weighted by molar-refractivity contribution is 7.89. The first-order valence-electron chi connectivity index (χ1n) is 6.48. The Balaban J connectivity index is 2.25. The topological polar surface area (TPSA) is 70.0 Å². The van der Waals surface area contributed by atoms with E-state index in [4.69, 9.17) is 5.26 Å². The average molecular weight is 300 g/mol. The summed E-state index contributed by atoms with van der Waals surface area (Å²) in [6, 6.07) is 14.2. The number of nitrogens with zero attached hydrogens (tertiary/aromatic N) is 1. The molecule has 0 heterocycles. The molecule has 0 aliphatic carbocycles. The molecule has 21 heavy (non-hydrogen) atoms. The maximum absolute atomic E-state index is 12.4. The number of rotatable bonds is 4. The molecule has 4 nitrogen and oxygen atoms in total. The zero-order valence-corrected chi connectivity index (χ0v) is 12.7. The second-order valence-corrected chi connectivity index (χ2v) is 6.64. The third-order valence-electron chi connectivity index (χ3n) is 3.16. The standard InChI is InChI=1S/C16H16N2O2S/c1-12-4-3-5-15(8-12)11-18-21(19,20)16-9-14(10-17)7-6-13(16)2/h3-9,18H,11H2,1-2H3.